The van der Waals surface area contributed by atoms with Crippen molar-refractivity contribution in [3.63, 3.8) is 0 Å². The summed E-state index contributed by atoms with van der Waals surface area (Å²) in [6.45, 7) is 2.03. The number of hydrogen-bond acceptors (Lipinski definition) is 2. The molecule has 0 aliphatic heterocycles. The minimum Gasteiger partial charge on any atom is -0.618 e. The highest BCUT2D eigenvalue weighted by Gasteiger charge is 2.14. The van der Waals surface area contributed by atoms with Crippen molar-refractivity contribution in [1.29, 1.82) is 0 Å². The second-order valence-corrected chi connectivity index (χ2v) is 5.97. The van der Waals surface area contributed by atoms with Crippen LogP contribution in [0.2, 0.25) is 10.0 Å². The Hall–Kier alpha value is -0.900. The first-order valence-electron chi connectivity index (χ1n) is 5.37. The lowest BCUT2D eigenvalue weighted by molar-refractivity contribution is -0.645. The molecule has 5 heteroatoms. The highest BCUT2D eigenvalue weighted by Crippen LogP contribution is 2.35. The fourth-order valence-electron chi connectivity index (χ4n) is 1.52. The van der Waals surface area contributed by atoms with E-state index in [-0.39, 0.29) is 5.25 Å². The molecule has 0 aliphatic rings. The van der Waals surface area contributed by atoms with Gasteiger partial charge in [0, 0.05) is 17.4 Å². The zero-order valence-electron chi connectivity index (χ0n) is 9.64. The number of aromatic nitrogens is 1. The number of pyridine rings is 1. The molecule has 2 nitrogen and oxygen atoms in total. The fourth-order valence-corrected chi connectivity index (χ4v) is 2.79. The molecule has 0 N–H and O–H groups in total. The maximum absolute atomic E-state index is 11.6. The van der Waals surface area contributed by atoms with Crippen LogP contribution in [-0.4, -0.2) is 0 Å². The van der Waals surface area contributed by atoms with Gasteiger partial charge >= 0.3 is 0 Å². The average Bonchev–Trinajstić information content (AvgIpc) is 2.35. The molecule has 0 amide bonds. The van der Waals surface area contributed by atoms with Crippen LogP contribution in [0.4, 0.5) is 0 Å². The van der Waals surface area contributed by atoms with Gasteiger partial charge in [0.2, 0.25) is 0 Å². The van der Waals surface area contributed by atoms with Gasteiger partial charge < -0.3 is 5.21 Å². The molecular weight excluding hydrogens is 289 g/mol. The second kappa shape index (κ2) is 5.83. The van der Waals surface area contributed by atoms with E-state index in [1.807, 2.05) is 25.1 Å². The van der Waals surface area contributed by atoms with Crippen LogP contribution in [0.25, 0.3) is 0 Å². The van der Waals surface area contributed by atoms with Crippen molar-refractivity contribution < 1.29 is 4.73 Å². The number of rotatable bonds is 3. The van der Waals surface area contributed by atoms with Gasteiger partial charge in [-0.05, 0) is 42.4 Å². The molecule has 18 heavy (non-hydrogen) atoms. The summed E-state index contributed by atoms with van der Waals surface area (Å²) in [6.07, 6.45) is 1.49. The van der Waals surface area contributed by atoms with Gasteiger partial charge in [0.1, 0.15) is 0 Å². The molecule has 0 fully saturated rings. The lowest BCUT2D eigenvalue weighted by Gasteiger charge is -2.11. The Morgan fingerprint density at radius 3 is 2.61 bits per heavy atom. The number of benzene rings is 1. The minimum atomic E-state index is 0.127. The molecule has 0 aliphatic carbocycles. The van der Waals surface area contributed by atoms with Crippen molar-refractivity contribution in [2.45, 2.75) is 17.2 Å². The van der Waals surface area contributed by atoms with E-state index in [0.29, 0.717) is 15.1 Å². The van der Waals surface area contributed by atoms with E-state index in [9.17, 15) is 5.21 Å². The quantitative estimate of drug-likeness (QED) is 0.475. The smallest absolute Gasteiger partial charge is 0.251 e. The van der Waals surface area contributed by atoms with Crippen LogP contribution in [0.5, 0.6) is 0 Å². The molecule has 1 aromatic carbocycles. The van der Waals surface area contributed by atoms with Crippen LogP contribution in [0.3, 0.4) is 0 Å². The molecule has 1 unspecified atom stereocenters. The number of thioether (sulfide) groups is 1. The summed E-state index contributed by atoms with van der Waals surface area (Å²) < 4.78 is 0.860. The van der Waals surface area contributed by atoms with Crippen molar-refractivity contribution in [1.82, 2.24) is 0 Å². The van der Waals surface area contributed by atoms with E-state index >= 15 is 0 Å². The van der Waals surface area contributed by atoms with Gasteiger partial charge in [0.15, 0.2) is 6.20 Å². The predicted octanol–water partition coefficient (Wildman–Crippen LogP) is 4.48. The van der Waals surface area contributed by atoms with Crippen molar-refractivity contribution >= 4 is 35.0 Å². The molecule has 2 rings (SSSR count). The highest BCUT2D eigenvalue weighted by atomic mass is 35.5. The van der Waals surface area contributed by atoms with Gasteiger partial charge in [0.25, 0.3) is 5.03 Å². The van der Waals surface area contributed by atoms with Crippen molar-refractivity contribution in [3.05, 3.63) is 63.4 Å². The van der Waals surface area contributed by atoms with Crippen LogP contribution in [0.15, 0.2) is 47.6 Å². The molecule has 1 atom stereocenters. The van der Waals surface area contributed by atoms with Crippen LogP contribution >= 0.6 is 35.0 Å². The first kappa shape index (κ1) is 13.5. The van der Waals surface area contributed by atoms with E-state index in [1.165, 1.54) is 18.0 Å². The molecule has 2 aromatic rings. The van der Waals surface area contributed by atoms with Gasteiger partial charge in [-0.1, -0.05) is 29.3 Å². The van der Waals surface area contributed by atoms with Gasteiger partial charge in [-0.2, -0.15) is 4.73 Å². The molecule has 1 heterocycles. The summed E-state index contributed by atoms with van der Waals surface area (Å²) in [6, 6.07) is 10.9. The molecule has 0 saturated heterocycles. The second-order valence-electron chi connectivity index (χ2n) is 3.80. The Bertz CT molecular complexity index is 562. The van der Waals surface area contributed by atoms with Gasteiger partial charge in [0.05, 0.1) is 10.0 Å². The molecule has 1 aromatic heterocycles. The van der Waals surface area contributed by atoms with Gasteiger partial charge in [-0.25, -0.2) is 0 Å². The van der Waals surface area contributed by atoms with Gasteiger partial charge in [-0.15, -0.1) is 0 Å². The summed E-state index contributed by atoms with van der Waals surface area (Å²) >= 11 is 13.3. The van der Waals surface area contributed by atoms with E-state index in [2.05, 4.69) is 0 Å². The fraction of sp³-hybridized carbons (Fsp3) is 0.154. The maximum atomic E-state index is 11.6. The lowest BCUT2D eigenvalue weighted by atomic mass is 10.2. The van der Waals surface area contributed by atoms with E-state index in [4.69, 9.17) is 23.2 Å². The zero-order valence-corrected chi connectivity index (χ0v) is 12.0. The molecule has 94 valence electrons. The standard InChI is InChI=1S/C13H11Cl2NOS/c1-9(10-5-6-11(14)12(15)8-10)18-13-4-2-3-7-16(13)17/h2-9H,1H3. The average molecular weight is 300 g/mol. The van der Waals surface area contributed by atoms with Crippen molar-refractivity contribution in [2.24, 2.45) is 0 Å². The summed E-state index contributed by atoms with van der Waals surface area (Å²) in [5.41, 5.74) is 1.04. The van der Waals surface area contributed by atoms with Gasteiger partial charge in [-0.3, -0.25) is 0 Å². The first-order chi connectivity index (χ1) is 8.58. The molecular formula is C13H11Cl2NOS. The Morgan fingerprint density at radius 1 is 1.17 bits per heavy atom. The van der Waals surface area contributed by atoms with Crippen LogP contribution in [-0.2, 0) is 0 Å². The molecule has 0 saturated carbocycles. The SMILES string of the molecule is CC(Sc1cccc[n+]1[O-])c1ccc(Cl)c(Cl)c1. The van der Waals surface area contributed by atoms with Crippen LogP contribution in [0, 0.1) is 5.21 Å². The third-order valence-corrected chi connectivity index (χ3v) is 4.42. The Labute approximate surface area is 120 Å². The predicted molar refractivity (Wildman–Crippen MR) is 76.1 cm³/mol. The summed E-state index contributed by atoms with van der Waals surface area (Å²) in [7, 11) is 0. The Kier molecular flexibility index (Phi) is 4.38. The minimum absolute atomic E-state index is 0.127. The van der Waals surface area contributed by atoms with Crippen molar-refractivity contribution in [2.75, 3.05) is 0 Å². The lowest BCUT2D eigenvalue weighted by Crippen LogP contribution is -2.27. The van der Waals surface area contributed by atoms with E-state index < -0.39 is 0 Å². The Balaban J connectivity index is 2.19. The van der Waals surface area contributed by atoms with E-state index in [0.717, 1.165) is 10.3 Å². The van der Waals surface area contributed by atoms with Crippen LogP contribution < -0.4 is 4.73 Å². The van der Waals surface area contributed by atoms with Crippen molar-refractivity contribution in [3.8, 4) is 0 Å². The van der Waals surface area contributed by atoms with Crippen LogP contribution in [0.1, 0.15) is 17.7 Å². The molecule has 0 radical (unpaired) electrons. The number of hydrogen-bond donors (Lipinski definition) is 0. The normalized spacial score (nSPS) is 12.4. The zero-order chi connectivity index (χ0) is 13.1. The monoisotopic (exact) mass is 299 g/mol. The number of halogens is 2. The highest BCUT2D eigenvalue weighted by molar-refractivity contribution is 7.99. The molecule has 0 spiro atoms. The topological polar surface area (TPSA) is 26.9 Å². The summed E-state index contributed by atoms with van der Waals surface area (Å²) in [5, 5.41) is 13.4. The maximum Gasteiger partial charge on any atom is 0.251 e. The Morgan fingerprint density at radius 2 is 1.94 bits per heavy atom. The summed E-state index contributed by atoms with van der Waals surface area (Å²) in [4.78, 5) is 0. The third kappa shape index (κ3) is 3.10. The third-order valence-electron chi connectivity index (χ3n) is 2.50. The summed E-state index contributed by atoms with van der Waals surface area (Å²) in [5.74, 6) is 0. The molecule has 0 bridgehead atoms. The largest absolute Gasteiger partial charge is 0.618 e. The number of nitrogens with zero attached hydrogens (tertiary/aromatic N) is 1. The first-order valence-corrected chi connectivity index (χ1v) is 7.01. The van der Waals surface area contributed by atoms with E-state index in [1.54, 1.807) is 18.2 Å².